The van der Waals surface area contributed by atoms with E-state index in [1.54, 1.807) is 19.9 Å². The van der Waals surface area contributed by atoms with E-state index in [1.807, 2.05) is 6.08 Å². The Kier molecular flexibility index (Phi) is 4.69. The molecule has 1 rings (SSSR count). The van der Waals surface area contributed by atoms with Crippen molar-refractivity contribution in [2.45, 2.75) is 38.6 Å². The lowest BCUT2D eigenvalue weighted by atomic mass is 9.82. The molecule has 0 saturated carbocycles. The van der Waals surface area contributed by atoms with Crippen LogP contribution in [0, 0.1) is 11.8 Å². The minimum Gasteiger partial charge on any atom is -0.481 e. The molecule has 0 aromatic heterocycles. The van der Waals surface area contributed by atoms with Crippen LogP contribution in [-0.4, -0.2) is 28.4 Å². The zero-order valence-corrected chi connectivity index (χ0v) is 11.2. The lowest BCUT2D eigenvalue weighted by molar-refractivity contribution is -0.147. The van der Waals surface area contributed by atoms with Crippen LogP contribution in [0.4, 0.5) is 0 Å². The molecule has 0 heterocycles. The number of nitrogens with two attached hydrogens (primary N) is 1. The Labute approximate surface area is 112 Å². The van der Waals surface area contributed by atoms with Crippen LogP contribution in [0.2, 0.25) is 0 Å². The quantitative estimate of drug-likeness (QED) is 0.628. The number of allylic oxidation sites excluding steroid dienone is 2. The highest BCUT2D eigenvalue weighted by Crippen LogP contribution is 2.26. The molecule has 0 aromatic rings. The van der Waals surface area contributed by atoms with Gasteiger partial charge in [-0.2, -0.15) is 0 Å². The molecule has 0 unspecified atom stereocenters. The first kappa shape index (κ1) is 15.2. The first-order valence-corrected chi connectivity index (χ1v) is 6.21. The van der Waals surface area contributed by atoms with E-state index in [9.17, 15) is 14.4 Å². The normalized spacial score (nSPS) is 22.8. The molecule has 2 amide bonds. The second kappa shape index (κ2) is 5.86. The maximum atomic E-state index is 12.1. The third kappa shape index (κ3) is 4.39. The van der Waals surface area contributed by atoms with E-state index in [0.29, 0.717) is 12.8 Å². The van der Waals surface area contributed by atoms with E-state index in [0.717, 1.165) is 0 Å². The molecule has 6 nitrogen and oxygen atoms in total. The molecule has 106 valence electrons. The van der Waals surface area contributed by atoms with Crippen molar-refractivity contribution in [1.82, 2.24) is 5.32 Å². The van der Waals surface area contributed by atoms with Crippen LogP contribution >= 0.6 is 0 Å². The van der Waals surface area contributed by atoms with Gasteiger partial charge >= 0.3 is 5.97 Å². The second-order valence-electron chi connectivity index (χ2n) is 5.51. The zero-order valence-electron chi connectivity index (χ0n) is 11.2. The topological polar surface area (TPSA) is 109 Å². The summed E-state index contributed by atoms with van der Waals surface area (Å²) in [5, 5.41) is 11.8. The first-order chi connectivity index (χ1) is 8.73. The van der Waals surface area contributed by atoms with Crippen molar-refractivity contribution in [1.29, 1.82) is 0 Å². The molecule has 0 bridgehead atoms. The third-order valence-corrected chi connectivity index (χ3v) is 3.16. The molecule has 0 aromatic carbocycles. The van der Waals surface area contributed by atoms with E-state index in [2.05, 4.69) is 5.32 Å². The Morgan fingerprint density at radius 2 is 1.79 bits per heavy atom. The molecule has 0 spiro atoms. The fourth-order valence-corrected chi connectivity index (χ4v) is 2.28. The maximum Gasteiger partial charge on any atom is 0.307 e. The molecule has 0 aliphatic heterocycles. The monoisotopic (exact) mass is 268 g/mol. The summed E-state index contributed by atoms with van der Waals surface area (Å²) >= 11 is 0. The summed E-state index contributed by atoms with van der Waals surface area (Å²) in [6, 6.07) is 0. The van der Waals surface area contributed by atoms with Crippen molar-refractivity contribution in [3.63, 3.8) is 0 Å². The average molecular weight is 268 g/mol. The highest BCUT2D eigenvalue weighted by molar-refractivity contribution is 5.86. The number of carbonyl (C=O) groups is 3. The van der Waals surface area contributed by atoms with Crippen molar-refractivity contribution in [2.24, 2.45) is 17.6 Å². The fraction of sp³-hybridized carbons (Fsp3) is 0.615. The van der Waals surface area contributed by atoms with Gasteiger partial charge in [-0.25, -0.2) is 0 Å². The summed E-state index contributed by atoms with van der Waals surface area (Å²) in [4.78, 5) is 34.2. The number of hydrogen-bond donors (Lipinski definition) is 3. The third-order valence-electron chi connectivity index (χ3n) is 3.16. The fourth-order valence-electron chi connectivity index (χ4n) is 2.28. The van der Waals surface area contributed by atoms with Gasteiger partial charge in [0.15, 0.2) is 0 Å². The van der Waals surface area contributed by atoms with Gasteiger partial charge in [-0.1, -0.05) is 12.2 Å². The van der Waals surface area contributed by atoms with Crippen LogP contribution in [0.3, 0.4) is 0 Å². The number of carboxylic acids is 1. The summed E-state index contributed by atoms with van der Waals surface area (Å²) in [5.41, 5.74) is 4.34. The number of carboxylic acid groups (broad SMARTS) is 1. The lowest BCUT2D eigenvalue weighted by Gasteiger charge is -2.30. The van der Waals surface area contributed by atoms with Gasteiger partial charge in [0, 0.05) is 12.0 Å². The Bertz CT molecular complexity index is 415. The van der Waals surface area contributed by atoms with Gasteiger partial charge in [-0.05, 0) is 26.7 Å². The number of nitrogens with one attached hydrogen (secondary N) is 1. The van der Waals surface area contributed by atoms with Crippen molar-refractivity contribution in [3.8, 4) is 0 Å². The van der Waals surface area contributed by atoms with Gasteiger partial charge in [0.1, 0.15) is 0 Å². The molecule has 1 aliphatic rings. The van der Waals surface area contributed by atoms with E-state index < -0.39 is 29.3 Å². The summed E-state index contributed by atoms with van der Waals surface area (Å²) < 4.78 is 0. The van der Waals surface area contributed by atoms with Crippen LogP contribution in [0.5, 0.6) is 0 Å². The smallest absolute Gasteiger partial charge is 0.307 e. The van der Waals surface area contributed by atoms with Crippen LogP contribution in [0.25, 0.3) is 0 Å². The van der Waals surface area contributed by atoms with Gasteiger partial charge in [0.25, 0.3) is 0 Å². The number of carbonyl (C=O) groups excluding carboxylic acids is 2. The van der Waals surface area contributed by atoms with Gasteiger partial charge < -0.3 is 16.2 Å². The molecular formula is C13H20N2O4. The molecule has 2 atom stereocenters. The summed E-state index contributed by atoms with van der Waals surface area (Å²) in [7, 11) is 0. The summed E-state index contributed by atoms with van der Waals surface area (Å²) in [6.07, 6.45) is 4.35. The zero-order chi connectivity index (χ0) is 14.6. The molecule has 0 radical (unpaired) electrons. The molecule has 4 N–H and O–H groups in total. The van der Waals surface area contributed by atoms with Gasteiger partial charge in [0.05, 0.1) is 11.8 Å². The minimum atomic E-state index is -0.975. The Balaban J connectivity index is 2.73. The van der Waals surface area contributed by atoms with Gasteiger partial charge in [-0.15, -0.1) is 0 Å². The van der Waals surface area contributed by atoms with Gasteiger partial charge in [0.2, 0.25) is 11.8 Å². The van der Waals surface area contributed by atoms with E-state index in [1.165, 1.54) is 0 Å². The molecule has 0 fully saturated rings. The predicted octanol–water partition coefficient (Wildman–Crippen LogP) is 0.424. The van der Waals surface area contributed by atoms with Crippen LogP contribution in [-0.2, 0) is 14.4 Å². The highest BCUT2D eigenvalue weighted by Gasteiger charge is 2.36. The molecule has 6 heteroatoms. The maximum absolute atomic E-state index is 12.1. The number of hydrogen-bond acceptors (Lipinski definition) is 3. The van der Waals surface area contributed by atoms with Crippen LogP contribution < -0.4 is 11.1 Å². The highest BCUT2D eigenvalue weighted by atomic mass is 16.4. The molecule has 1 aliphatic carbocycles. The van der Waals surface area contributed by atoms with Gasteiger partial charge in [-0.3, -0.25) is 14.4 Å². The van der Waals surface area contributed by atoms with Crippen LogP contribution in [0.15, 0.2) is 12.2 Å². The molecular weight excluding hydrogens is 248 g/mol. The van der Waals surface area contributed by atoms with Crippen molar-refractivity contribution in [2.75, 3.05) is 0 Å². The Morgan fingerprint density at radius 3 is 2.26 bits per heavy atom. The summed E-state index contributed by atoms with van der Waals surface area (Å²) in [5.74, 6) is -3.15. The first-order valence-electron chi connectivity index (χ1n) is 6.21. The van der Waals surface area contributed by atoms with Crippen molar-refractivity contribution in [3.05, 3.63) is 12.2 Å². The number of rotatable bonds is 5. The standard InChI is InChI=1S/C13H20N2O4/c1-13(2,7-10(14)16)15-11(17)8-5-3-4-6-9(8)12(18)19/h3-4,8-9H,5-7H2,1-2H3,(H2,14,16)(H,15,17)(H,18,19)/t8-,9+/m1/s1. The van der Waals surface area contributed by atoms with Crippen molar-refractivity contribution < 1.29 is 19.5 Å². The Morgan fingerprint density at radius 1 is 1.26 bits per heavy atom. The Hall–Kier alpha value is -1.85. The van der Waals surface area contributed by atoms with Crippen molar-refractivity contribution >= 4 is 17.8 Å². The number of amides is 2. The average Bonchev–Trinajstić information content (AvgIpc) is 2.26. The van der Waals surface area contributed by atoms with E-state index >= 15 is 0 Å². The van der Waals surface area contributed by atoms with Crippen LogP contribution in [0.1, 0.15) is 33.1 Å². The lowest BCUT2D eigenvalue weighted by Crippen LogP contribution is -2.50. The second-order valence-corrected chi connectivity index (χ2v) is 5.51. The molecule has 0 saturated heterocycles. The molecule has 19 heavy (non-hydrogen) atoms. The predicted molar refractivity (Wildman–Crippen MR) is 69.0 cm³/mol. The van der Waals surface area contributed by atoms with E-state index in [4.69, 9.17) is 10.8 Å². The summed E-state index contributed by atoms with van der Waals surface area (Å²) in [6.45, 7) is 3.37. The SMILES string of the molecule is CC(C)(CC(N)=O)NC(=O)[C@@H]1CC=CC[C@@H]1C(=O)O. The van der Waals surface area contributed by atoms with E-state index in [-0.39, 0.29) is 12.3 Å². The number of primary amides is 1. The largest absolute Gasteiger partial charge is 0.481 e. The minimum absolute atomic E-state index is 0.0129. The number of aliphatic carboxylic acids is 1.